The Labute approximate surface area is 113 Å². The lowest BCUT2D eigenvalue weighted by Gasteiger charge is -2.28. The molecule has 1 N–H and O–H groups in total. The molecule has 19 heavy (non-hydrogen) atoms. The van der Waals surface area contributed by atoms with Crippen molar-refractivity contribution in [1.29, 1.82) is 0 Å². The van der Waals surface area contributed by atoms with Crippen LogP contribution in [0.25, 0.3) is 0 Å². The average Bonchev–Trinajstić information content (AvgIpc) is 2.75. The Kier molecular flexibility index (Phi) is 4.55. The van der Waals surface area contributed by atoms with Crippen molar-refractivity contribution in [2.75, 3.05) is 20.6 Å². The quantitative estimate of drug-likeness (QED) is 0.810. The number of carbonyl (C=O) groups is 3. The molecule has 0 bridgehead atoms. The van der Waals surface area contributed by atoms with E-state index in [0.717, 1.165) is 6.42 Å². The average molecular weight is 270 g/mol. The predicted octanol–water partition coefficient (Wildman–Crippen LogP) is 0.566. The zero-order chi connectivity index (χ0) is 14.8. The normalized spacial score (nSPS) is 19.4. The number of hydrogen-bond acceptors (Lipinski definition) is 3. The second-order valence-electron chi connectivity index (χ2n) is 5.84. The van der Waals surface area contributed by atoms with Crippen LogP contribution in [0.5, 0.6) is 0 Å². The number of hydrogen-bond donors (Lipinski definition) is 1. The summed E-state index contributed by atoms with van der Waals surface area (Å²) in [6, 6.07) is -0.438. The third-order valence-electron chi connectivity index (χ3n) is 3.47. The number of carboxylic acids is 1. The summed E-state index contributed by atoms with van der Waals surface area (Å²) in [5, 5.41) is 9.05. The van der Waals surface area contributed by atoms with Crippen LogP contribution in [0.3, 0.4) is 0 Å². The third-order valence-corrected chi connectivity index (χ3v) is 3.47. The molecule has 108 valence electrons. The standard InChI is InChI=1S/C13H22N2O4/c1-13(2,12(18)19)8-10(16)15-7-5-6-9(15)11(17)14(3)4/h9H,5-8H2,1-4H3,(H,18,19). The van der Waals surface area contributed by atoms with Crippen molar-refractivity contribution in [3.8, 4) is 0 Å². The summed E-state index contributed by atoms with van der Waals surface area (Å²) in [6.45, 7) is 3.57. The Hall–Kier alpha value is -1.59. The maximum absolute atomic E-state index is 12.2. The van der Waals surface area contributed by atoms with Crippen molar-refractivity contribution in [2.24, 2.45) is 5.41 Å². The van der Waals surface area contributed by atoms with Crippen molar-refractivity contribution in [2.45, 2.75) is 39.2 Å². The molecule has 6 heteroatoms. The van der Waals surface area contributed by atoms with E-state index in [1.165, 1.54) is 23.6 Å². The SMILES string of the molecule is CN(C)C(=O)C1CCCN1C(=O)CC(C)(C)C(=O)O. The molecular formula is C13H22N2O4. The number of nitrogens with zero attached hydrogens (tertiary/aromatic N) is 2. The van der Waals surface area contributed by atoms with Gasteiger partial charge in [-0.1, -0.05) is 0 Å². The van der Waals surface area contributed by atoms with E-state index in [4.69, 9.17) is 5.11 Å². The summed E-state index contributed by atoms with van der Waals surface area (Å²) in [5.41, 5.74) is -1.11. The highest BCUT2D eigenvalue weighted by molar-refractivity contribution is 5.90. The molecule has 1 aliphatic rings. The highest BCUT2D eigenvalue weighted by Gasteiger charge is 2.38. The van der Waals surface area contributed by atoms with Gasteiger partial charge in [-0.3, -0.25) is 14.4 Å². The molecule has 0 radical (unpaired) electrons. The Morgan fingerprint density at radius 1 is 1.32 bits per heavy atom. The fraction of sp³-hybridized carbons (Fsp3) is 0.769. The second-order valence-corrected chi connectivity index (χ2v) is 5.84. The lowest BCUT2D eigenvalue weighted by Crippen LogP contribution is -2.46. The van der Waals surface area contributed by atoms with E-state index >= 15 is 0 Å². The zero-order valence-corrected chi connectivity index (χ0v) is 12.0. The molecular weight excluding hydrogens is 248 g/mol. The van der Waals surface area contributed by atoms with Gasteiger partial charge in [0.25, 0.3) is 0 Å². The van der Waals surface area contributed by atoms with Crippen molar-refractivity contribution in [1.82, 2.24) is 9.80 Å². The van der Waals surface area contributed by atoms with Crippen molar-refractivity contribution in [3.05, 3.63) is 0 Å². The molecule has 6 nitrogen and oxygen atoms in total. The number of rotatable bonds is 4. The smallest absolute Gasteiger partial charge is 0.309 e. The summed E-state index contributed by atoms with van der Waals surface area (Å²) in [5.74, 6) is -1.36. The number of carboxylic acid groups (broad SMARTS) is 1. The number of aliphatic carboxylic acids is 1. The number of carbonyl (C=O) groups excluding carboxylic acids is 2. The predicted molar refractivity (Wildman–Crippen MR) is 69.5 cm³/mol. The van der Waals surface area contributed by atoms with Crippen molar-refractivity contribution >= 4 is 17.8 Å². The Morgan fingerprint density at radius 2 is 1.89 bits per heavy atom. The van der Waals surface area contributed by atoms with Crippen LogP contribution in [0.15, 0.2) is 0 Å². The molecule has 0 aromatic heterocycles. The topological polar surface area (TPSA) is 77.9 Å². The van der Waals surface area contributed by atoms with Gasteiger partial charge in [0.2, 0.25) is 11.8 Å². The van der Waals surface area contributed by atoms with Crippen molar-refractivity contribution < 1.29 is 19.5 Å². The lowest BCUT2D eigenvalue weighted by molar-refractivity contribution is -0.152. The maximum atomic E-state index is 12.2. The van der Waals surface area contributed by atoms with Gasteiger partial charge in [0.1, 0.15) is 6.04 Å². The summed E-state index contributed by atoms with van der Waals surface area (Å²) in [7, 11) is 3.31. The molecule has 1 saturated heterocycles. The largest absolute Gasteiger partial charge is 0.481 e. The first-order valence-electron chi connectivity index (χ1n) is 6.41. The van der Waals surface area contributed by atoms with Gasteiger partial charge in [-0.25, -0.2) is 0 Å². The third kappa shape index (κ3) is 3.45. The zero-order valence-electron chi connectivity index (χ0n) is 12.0. The molecule has 0 saturated carbocycles. The highest BCUT2D eigenvalue weighted by Crippen LogP contribution is 2.26. The minimum Gasteiger partial charge on any atom is -0.481 e. The summed E-state index contributed by atoms with van der Waals surface area (Å²) in [4.78, 5) is 38.2. The first-order valence-corrected chi connectivity index (χ1v) is 6.41. The van der Waals surface area contributed by atoms with Crippen LogP contribution < -0.4 is 0 Å². The fourth-order valence-corrected chi connectivity index (χ4v) is 2.18. The lowest BCUT2D eigenvalue weighted by atomic mass is 9.89. The van der Waals surface area contributed by atoms with Crippen LogP contribution in [0, 0.1) is 5.41 Å². The van der Waals surface area contributed by atoms with Crippen LogP contribution in [-0.2, 0) is 14.4 Å². The van der Waals surface area contributed by atoms with Crippen LogP contribution >= 0.6 is 0 Å². The Bertz CT molecular complexity index is 390. The van der Waals surface area contributed by atoms with E-state index in [2.05, 4.69) is 0 Å². The second kappa shape index (κ2) is 5.59. The number of likely N-dealkylation sites (tertiary alicyclic amines) is 1. The molecule has 0 spiro atoms. The van der Waals surface area contributed by atoms with Gasteiger partial charge in [0.15, 0.2) is 0 Å². The summed E-state index contributed by atoms with van der Waals surface area (Å²) < 4.78 is 0. The molecule has 0 aliphatic carbocycles. The van der Waals surface area contributed by atoms with Gasteiger partial charge < -0.3 is 14.9 Å². The first kappa shape index (κ1) is 15.5. The Balaban J connectivity index is 2.76. The minimum atomic E-state index is -1.11. The van der Waals surface area contributed by atoms with Gasteiger partial charge in [-0.15, -0.1) is 0 Å². The van der Waals surface area contributed by atoms with E-state index in [0.29, 0.717) is 13.0 Å². The van der Waals surface area contributed by atoms with Crippen LogP contribution in [-0.4, -0.2) is 59.4 Å². The monoisotopic (exact) mass is 270 g/mol. The van der Waals surface area contributed by atoms with E-state index in [1.807, 2.05) is 0 Å². The number of likely N-dealkylation sites (N-methyl/N-ethyl adjacent to an activating group) is 1. The van der Waals surface area contributed by atoms with Gasteiger partial charge in [0, 0.05) is 27.1 Å². The molecule has 1 fully saturated rings. The number of amides is 2. The molecule has 0 aromatic rings. The first-order chi connectivity index (χ1) is 8.66. The molecule has 1 unspecified atom stereocenters. The van der Waals surface area contributed by atoms with Gasteiger partial charge in [-0.2, -0.15) is 0 Å². The van der Waals surface area contributed by atoms with Gasteiger partial charge in [0.05, 0.1) is 5.41 Å². The fourth-order valence-electron chi connectivity index (χ4n) is 2.18. The van der Waals surface area contributed by atoms with E-state index < -0.39 is 17.4 Å². The highest BCUT2D eigenvalue weighted by atomic mass is 16.4. The molecule has 1 aliphatic heterocycles. The molecule has 2 amide bonds. The molecule has 0 aromatic carbocycles. The van der Waals surface area contributed by atoms with E-state index in [1.54, 1.807) is 14.1 Å². The van der Waals surface area contributed by atoms with Crippen LogP contribution in [0.4, 0.5) is 0 Å². The van der Waals surface area contributed by atoms with E-state index in [9.17, 15) is 14.4 Å². The molecule has 1 atom stereocenters. The van der Waals surface area contributed by atoms with Crippen LogP contribution in [0.2, 0.25) is 0 Å². The molecule has 1 rings (SSSR count). The summed E-state index contributed by atoms with van der Waals surface area (Å²) >= 11 is 0. The maximum Gasteiger partial charge on any atom is 0.309 e. The van der Waals surface area contributed by atoms with Crippen molar-refractivity contribution in [3.63, 3.8) is 0 Å². The van der Waals surface area contributed by atoms with Gasteiger partial charge in [-0.05, 0) is 26.7 Å². The van der Waals surface area contributed by atoms with E-state index in [-0.39, 0.29) is 18.2 Å². The molecule has 1 heterocycles. The summed E-state index contributed by atoms with van der Waals surface area (Å²) in [6.07, 6.45) is 1.35. The van der Waals surface area contributed by atoms with Gasteiger partial charge >= 0.3 is 5.97 Å². The Morgan fingerprint density at radius 3 is 2.37 bits per heavy atom. The minimum absolute atomic E-state index is 0.0838. The van der Waals surface area contributed by atoms with Crippen LogP contribution in [0.1, 0.15) is 33.1 Å².